The molecular weight excluding hydrogens is 403 g/mol. The van der Waals surface area contributed by atoms with Crippen molar-refractivity contribution in [1.29, 1.82) is 0 Å². The number of guanidine groups is 1. The van der Waals surface area contributed by atoms with Gasteiger partial charge in [-0.2, -0.15) is 0 Å². The summed E-state index contributed by atoms with van der Waals surface area (Å²) in [5.41, 5.74) is 0. The second-order valence-corrected chi connectivity index (χ2v) is 5.88. The number of halogens is 1. The third-order valence-electron chi connectivity index (χ3n) is 4.10. The molecule has 23 heavy (non-hydrogen) atoms. The first-order valence-electron chi connectivity index (χ1n) is 8.70. The minimum absolute atomic E-state index is 0. The monoisotopic (exact) mass is 434 g/mol. The average Bonchev–Trinajstić information content (AvgIpc) is 2.77. The molecule has 2 N–H and O–H groups in total. The molecule has 7 heteroatoms. The van der Waals surface area contributed by atoms with Crippen molar-refractivity contribution in [2.45, 2.75) is 64.8 Å². The zero-order valence-corrected chi connectivity index (χ0v) is 16.8. The van der Waals surface area contributed by atoms with Crippen molar-refractivity contribution >= 4 is 29.9 Å². The second kappa shape index (κ2) is 11.6. The summed E-state index contributed by atoms with van der Waals surface area (Å²) in [6.07, 6.45) is 9.29. The summed E-state index contributed by atoms with van der Waals surface area (Å²) in [7, 11) is 1.82. The Morgan fingerprint density at radius 1 is 1.13 bits per heavy atom. The number of fused-ring (bicyclic) bond motifs is 1. The molecule has 0 amide bonds. The van der Waals surface area contributed by atoms with Crippen LogP contribution in [-0.2, 0) is 19.4 Å². The van der Waals surface area contributed by atoms with Crippen molar-refractivity contribution in [1.82, 2.24) is 25.4 Å². The first kappa shape index (κ1) is 20.2. The second-order valence-electron chi connectivity index (χ2n) is 5.88. The molecule has 2 rings (SSSR count). The average molecular weight is 434 g/mol. The van der Waals surface area contributed by atoms with Gasteiger partial charge in [-0.15, -0.1) is 34.2 Å². The van der Waals surface area contributed by atoms with Crippen LogP contribution in [0.25, 0.3) is 0 Å². The minimum atomic E-state index is 0. The van der Waals surface area contributed by atoms with E-state index in [9.17, 15) is 0 Å². The van der Waals surface area contributed by atoms with Gasteiger partial charge in [0.1, 0.15) is 11.6 Å². The predicted octanol–water partition coefficient (Wildman–Crippen LogP) is 2.52. The van der Waals surface area contributed by atoms with Crippen LogP contribution in [0, 0.1) is 0 Å². The van der Waals surface area contributed by atoms with Crippen molar-refractivity contribution in [3.8, 4) is 0 Å². The quantitative estimate of drug-likeness (QED) is 0.300. The van der Waals surface area contributed by atoms with Gasteiger partial charge in [-0.25, -0.2) is 0 Å². The Morgan fingerprint density at radius 3 is 2.65 bits per heavy atom. The van der Waals surface area contributed by atoms with Gasteiger partial charge >= 0.3 is 0 Å². The van der Waals surface area contributed by atoms with Gasteiger partial charge in [0.2, 0.25) is 0 Å². The highest BCUT2D eigenvalue weighted by Crippen LogP contribution is 2.15. The number of aromatic nitrogens is 3. The van der Waals surface area contributed by atoms with E-state index in [1.54, 1.807) is 0 Å². The highest BCUT2D eigenvalue weighted by atomic mass is 127. The van der Waals surface area contributed by atoms with Crippen LogP contribution in [0.2, 0.25) is 0 Å². The SMILES string of the molecule is CCCCNC(=NC)NCCCc1nnc2n1CCCCC2.I. The highest BCUT2D eigenvalue weighted by molar-refractivity contribution is 14.0. The summed E-state index contributed by atoms with van der Waals surface area (Å²) in [5, 5.41) is 15.4. The summed E-state index contributed by atoms with van der Waals surface area (Å²) in [6.45, 7) is 5.17. The van der Waals surface area contributed by atoms with Crippen LogP contribution in [0.4, 0.5) is 0 Å². The van der Waals surface area contributed by atoms with Crippen LogP contribution in [0.3, 0.4) is 0 Å². The van der Waals surface area contributed by atoms with Crippen LogP contribution >= 0.6 is 24.0 Å². The Hall–Kier alpha value is -0.860. The zero-order valence-electron chi connectivity index (χ0n) is 14.5. The van der Waals surface area contributed by atoms with E-state index in [-0.39, 0.29) is 24.0 Å². The molecule has 1 aliphatic rings. The fraction of sp³-hybridized carbons (Fsp3) is 0.812. The molecule has 0 bridgehead atoms. The van der Waals surface area contributed by atoms with Gasteiger partial charge in [0, 0.05) is 39.5 Å². The highest BCUT2D eigenvalue weighted by Gasteiger charge is 2.13. The molecule has 0 fully saturated rings. The molecule has 1 aliphatic heterocycles. The Morgan fingerprint density at radius 2 is 1.91 bits per heavy atom. The summed E-state index contributed by atoms with van der Waals surface area (Å²) in [5.74, 6) is 3.22. The van der Waals surface area contributed by atoms with Crippen LogP contribution in [0.1, 0.15) is 57.1 Å². The van der Waals surface area contributed by atoms with Crippen molar-refractivity contribution in [3.63, 3.8) is 0 Å². The Labute approximate surface area is 157 Å². The maximum atomic E-state index is 4.38. The summed E-state index contributed by atoms with van der Waals surface area (Å²) in [4.78, 5) is 4.24. The third-order valence-corrected chi connectivity index (χ3v) is 4.10. The van der Waals surface area contributed by atoms with Gasteiger partial charge in [-0.3, -0.25) is 4.99 Å². The molecule has 0 radical (unpaired) electrons. The number of nitrogens with zero attached hydrogens (tertiary/aromatic N) is 4. The molecule has 0 spiro atoms. The number of hydrogen-bond acceptors (Lipinski definition) is 3. The van der Waals surface area contributed by atoms with E-state index in [4.69, 9.17) is 0 Å². The zero-order chi connectivity index (χ0) is 15.6. The Kier molecular flexibility index (Phi) is 10.2. The summed E-state index contributed by atoms with van der Waals surface area (Å²) < 4.78 is 2.33. The number of aryl methyl sites for hydroxylation is 2. The van der Waals surface area contributed by atoms with Gasteiger partial charge in [0.25, 0.3) is 0 Å². The van der Waals surface area contributed by atoms with Crippen LogP contribution in [-0.4, -0.2) is 40.9 Å². The number of nitrogens with one attached hydrogen (secondary N) is 2. The topological polar surface area (TPSA) is 67.1 Å². The van der Waals surface area contributed by atoms with Crippen LogP contribution in [0.5, 0.6) is 0 Å². The lowest BCUT2D eigenvalue weighted by atomic mass is 10.2. The smallest absolute Gasteiger partial charge is 0.190 e. The molecule has 1 aromatic heterocycles. The molecule has 0 saturated carbocycles. The maximum absolute atomic E-state index is 4.38. The van der Waals surface area contributed by atoms with E-state index in [0.717, 1.165) is 50.7 Å². The number of unbranched alkanes of at least 4 members (excludes halogenated alkanes) is 1. The van der Waals surface area contributed by atoms with E-state index >= 15 is 0 Å². The molecule has 0 saturated heterocycles. The number of rotatable bonds is 7. The number of hydrogen-bond donors (Lipinski definition) is 2. The van der Waals surface area contributed by atoms with Gasteiger partial charge in [-0.05, 0) is 25.7 Å². The maximum Gasteiger partial charge on any atom is 0.190 e. The summed E-state index contributed by atoms with van der Waals surface area (Å²) in [6, 6.07) is 0. The first-order valence-corrected chi connectivity index (χ1v) is 8.70. The Balaban J connectivity index is 0.00000264. The standard InChI is InChI=1S/C16H30N6.HI/c1-3-4-11-18-16(17-2)19-12-8-10-15-21-20-14-9-6-5-7-13-22(14)15;/h3-13H2,1-2H3,(H2,17,18,19);1H. The van der Waals surface area contributed by atoms with E-state index in [1.165, 1.54) is 37.9 Å². The first-order chi connectivity index (χ1) is 10.8. The molecule has 0 aromatic carbocycles. The lowest BCUT2D eigenvalue weighted by molar-refractivity contribution is 0.593. The molecule has 0 aliphatic carbocycles. The fourth-order valence-corrected chi connectivity index (χ4v) is 2.79. The van der Waals surface area contributed by atoms with E-state index < -0.39 is 0 Å². The van der Waals surface area contributed by atoms with E-state index in [0.29, 0.717) is 0 Å². The van der Waals surface area contributed by atoms with E-state index in [2.05, 4.69) is 37.3 Å². The van der Waals surface area contributed by atoms with Crippen LogP contribution in [0.15, 0.2) is 4.99 Å². The molecule has 1 aromatic rings. The third kappa shape index (κ3) is 6.64. The van der Waals surface area contributed by atoms with Gasteiger partial charge < -0.3 is 15.2 Å². The molecule has 2 heterocycles. The lowest BCUT2D eigenvalue weighted by Crippen LogP contribution is -2.38. The van der Waals surface area contributed by atoms with Gasteiger partial charge in [0.15, 0.2) is 5.96 Å². The van der Waals surface area contributed by atoms with Crippen molar-refractivity contribution in [2.75, 3.05) is 20.1 Å². The Bertz CT molecular complexity index is 471. The van der Waals surface area contributed by atoms with Crippen molar-refractivity contribution in [3.05, 3.63) is 11.6 Å². The summed E-state index contributed by atoms with van der Waals surface area (Å²) >= 11 is 0. The molecule has 0 unspecified atom stereocenters. The number of aliphatic imine (C=N–C) groups is 1. The normalized spacial score (nSPS) is 14.6. The minimum Gasteiger partial charge on any atom is -0.356 e. The lowest BCUT2D eigenvalue weighted by Gasteiger charge is -2.11. The van der Waals surface area contributed by atoms with Crippen molar-refractivity contribution < 1.29 is 0 Å². The molecule has 132 valence electrons. The fourth-order valence-electron chi connectivity index (χ4n) is 2.79. The van der Waals surface area contributed by atoms with E-state index in [1.807, 2.05) is 7.05 Å². The van der Waals surface area contributed by atoms with Gasteiger partial charge in [0.05, 0.1) is 0 Å². The molecule has 6 nitrogen and oxygen atoms in total. The van der Waals surface area contributed by atoms with Gasteiger partial charge in [-0.1, -0.05) is 19.8 Å². The molecule has 0 atom stereocenters. The van der Waals surface area contributed by atoms with Crippen LogP contribution < -0.4 is 10.6 Å². The van der Waals surface area contributed by atoms with Crippen molar-refractivity contribution in [2.24, 2.45) is 4.99 Å². The molecular formula is C16H31IN6. The predicted molar refractivity (Wildman–Crippen MR) is 106 cm³/mol. The largest absolute Gasteiger partial charge is 0.356 e.